The highest BCUT2D eigenvalue weighted by molar-refractivity contribution is 6.07. The predicted molar refractivity (Wildman–Crippen MR) is 202 cm³/mol. The molecule has 0 N–H and O–H groups in total. The zero-order valence-electron chi connectivity index (χ0n) is 27.9. The predicted octanol–water partition coefficient (Wildman–Crippen LogP) is 9.26. The maximum Gasteiger partial charge on any atom is 0.0574 e. The highest BCUT2D eigenvalue weighted by Gasteiger charge is 2.12. The molecule has 0 atom stereocenters. The number of hydrogen-bond donors (Lipinski definition) is 0. The number of allylic oxidation sites excluding steroid dienone is 12. The lowest BCUT2D eigenvalue weighted by atomic mass is 9.90. The monoisotopic (exact) mass is 604 g/mol. The first-order valence-corrected chi connectivity index (χ1v) is 16.0. The van der Waals surface area contributed by atoms with Gasteiger partial charge in [-0.1, -0.05) is 85.0 Å². The van der Waals surface area contributed by atoms with E-state index < -0.39 is 0 Å². The van der Waals surface area contributed by atoms with Gasteiger partial charge in [0, 0.05) is 52.7 Å². The first kappa shape index (κ1) is 32.2. The lowest BCUT2D eigenvalue weighted by molar-refractivity contribution is 1.13. The van der Waals surface area contributed by atoms with Crippen molar-refractivity contribution in [2.45, 2.75) is 13.8 Å². The number of nitrogens with zero attached hydrogens (tertiary/aromatic N) is 4. The molecule has 0 saturated carbocycles. The maximum atomic E-state index is 4.57. The summed E-state index contributed by atoms with van der Waals surface area (Å²) in [5.74, 6) is 0. The van der Waals surface area contributed by atoms with Crippen LogP contribution in [0.3, 0.4) is 0 Å². The number of benzene rings is 3. The molecule has 2 aliphatic rings. The summed E-state index contributed by atoms with van der Waals surface area (Å²) < 4.78 is 0. The van der Waals surface area contributed by atoms with Crippen LogP contribution in [0, 0.1) is 0 Å². The maximum absolute atomic E-state index is 4.57. The molecule has 0 aliphatic heterocycles. The second-order valence-corrected chi connectivity index (χ2v) is 11.7. The molecule has 0 unspecified atom stereocenters. The van der Waals surface area contributed by atoms with Gasteiger partial charge >= 0.3 is 0 Å². The Morgan fingerprint density at radius 1 is 0.522 bits per heavy atom. The van der Waals surface area contributed by atoms with E-state index >= 15 is 0 Å². The minimum atomic E-state index is 0.775. The molecule has 0 aromatic heterocycles. The molecular formula is C42H44N4. The second-order valence-electron chi connectivity index (χ2n) is 11.7. The third-order valence-corrected chi connectivity index (χ3v) is 8.02. The Hall–Kier alpha value is -5.22. The van der Waals surface area contributed by atoms with Crippen molar-refractivity contribution < 1.29 is 0 Å². The van der Waals surface area contributed by atoms with Gasteiger partial charge in [-0.25, -0.2) is 0 Å². The minimum absolute atomic E-state index is 0.775. The Morgan fingerprint density at radius 3 is 1.37 bits per heavy atom. The molecule has 2 aliphatic carbocycles. The Balaban J connectivity index is 1.50. The van der Waals surface area contributed by atoms with Gasteiger partial charge in [-0.2, -0.15) is 0 Å². The number of aliphatic imine (C=N–C) groups is 2. The van der Waals surface area contributed by atoms with Crippen LogP contribution >= 0.6 is 0 Å². The van der Waals surface area contributed by atoms with Gasteiger partial charge in [0.1, 0.15) is 0 Å². The molecule has 0 bridgehead atoms. The Morgan fingerprint density at radius 2 is 0.935 bits per heavy atom. The summed E-state index contributed by atoms with van der Waals surface area (Å²) in [6, 6.07) is 26.4. The first-order valence-electron chi connectivity index (χ1n) is 16.0. The fourth-order valence-corrected chi connectivity index (χ4v) is 5.51. The van der Waals surface area contributed by atoms with Crippen LogP contribution in [0.1, 0.15) is 36.1 Å². The van der Waals surface area contributed by atoms with Gasteiger partial charge in [0.15, 0.2) is 0 Å². The van der Waals surface area contributed by atoms with Gasteiger partial charge < -0.3 is 9.80 Å². The summed E-state index contributed by atoms with van der Waals surface area (Å²) in [7, 11) is 8.28. The first-order chi connectivity index (χ1) is 22.4. The fraction of sp³-hybridized carbons (Fsp3) is 0.190. The number of anilines is 2. The van der Waals surface area contributed by atoms with E-state index in [2.05, 4.69) is 195 Å². The smallest absolute Gasteiger partial charge is 0.0574 e. The molecule has 4 heteroatoms. The standard InChI is InChI=1S/C42H44N4/c1-7-43-37-22-14-32(15-23-37)41(33-18-26-39(27-19-33)45(3)4)30-11-31-9-12-34(13-10-31)42(35-16-24-38(25-17-35)44-8-2)36-20-28-40(29-21-36)46(5)6/h9-30H,7-8H2,1-6H3. The van der Waals surface area contributed by atoms with Crippen LogP contribution < -0.4 is 9.80 Å². The highest BCUT2D eigenvalue weighted by atomic mass is 15.1. The average molecular weight is 605 g/mol. The molecule has 46 heavy (non-hydrogen) atoms. The molecular weight excluding hydrogens is 560 g/mol. The Kier molecular flexibility index (Phi) is 10.6. The van der Waals surface area contributed by atoms with Crippen LogP contribution in [0.4, 0.5) is 11.4 Å². The van der Waals surface area contributed by atoms with Crippen LogP contribution in [-0.4, -0.2) is 52.7 Å². The number of hydrogen-bond acceptors (Lipinski definition) is 4. The Bertz CT molecular complexity index is 1760. The van der Waals surface area contributed by atoms with Gasteiger partial charge in [0.2, 0.25) is 0 Å². The zero-order chi connectivity index (χ0) is 32.5. The van der Waals surface area contributed by atoms with Crippen molar-refractivity contribution in [3.63, 3.8) is 0 Å². The molecule has 5 rings (SSSR count). The quantitative estimate of drug-likeness (QED) is 0.244. The van der Waals surface area contributed by atoms with E-state index in [1.165, 1.54) is 44.8 Å². The van der Waals surface area contributed by atoms with Crippen LogP contribution in [-0.2, 0) is 0 Å². The van der Waals surface area contributed by atoms with Crippen molar-refractivity contribution in [2.24, 2.45) is 9.98 Å². The van der Waals surface area contributed by atoms with E-state index in [0.717, 1.165) is 35.6 Å². The van der Waals surface area contributed by atoms with Gasteiger partial charge in [0.25, 0.3) is 0 Å². The summed E-state index contributed by atoms with van der Waals surface area (Å²) in [6.45, 7) is 5.68. The molecule has 4 nitrogen and oxygen atoms in total. The molecule has 3 aromatic carbocycles. The van der Waals surface area contributed by atoms with Crippen LogP contribution in [0.15, 0.2) is 149 Å². The summed E-state index contributed by atoms with van der Waals surface area (Å²) in [6.07, 6.45) is 21.5. The SMILES string of the molecule is CCN=C1C=CC(=C(C=Cc2ccc(C(=C3C=CC(=NCC)C=C3)c3ccc(N(C)C)cc3)cc2)c2ccc(N(C)C)cc2)C=C1. The summed E-state index contributed by atoms with van der Waals surface area (Å²) in [5.41, 5.74) is 13.8. The topological polar surface area (TPSA) is 31.2 Å². The van der Waals surface area contributed by atoms with Gasteiger partial charge in [0.05, 0.1) is 11.4 Å². The summed E-state index contributed by atoms with van der Waals surface area (Å²) in [4.78, 5) is 13.4. The van der Waals surface area contributed by atoms with Gasteiger partial charge in [-0.05, 0) is 107 Å². The van der Waals surface area contributed by atoms with Crippen molar-refractivity contribution in [3.05, 3.63) is 161 Å². The molecule has 0 spiro atoms. The van der Waals surface area contributed by atoms with E-state index in [0.29, 0.717) is 0 Å². The van der Waals surface area contributed by atoms with Crippen LogP contribution in [0.25, 0.3) is 17.2 Å². The summed E-state index contributed by atoms with van der Waals surface area (Å²) in [5, 5.41) is 0. The highest BCUT2D eigenvalue weighted by Crippen LogP contribution is 2.32. The van der Waals surface area contributed by atoms with E-state index in [-0.39, 0.29) is 0 Å². The van der Waals surface area contributed by atoms with Crippen LogP contribution in [0.5, 0.6) is 0 Å². The third kappa shape index (κ3) is 7.89. The van der Waals surface area contributed by atoms with Crippen molar-refractivity contribution in [3.8, 4) is 0 Å². The molecule has 0 saturated heterocycles. The average Bonchev–Trinajstić information content (AvgIpc) is 3.08. The van der Waals surface area contributed by atoms with Crippen molar-refractivity contribution in [1.29, 1.82) is 0 Å². The molecule has 0 radical (unpaired) electrons. The number of rotatable bonds is 9. The second kappa shape index (κ2) is 15.2. The van der Waals surface area contributed by atoms with Crippen molar-refractivity contribution in [1.82, 2.24) is 0 Å². The third-order valence-electron chi connectivity index (χ3n) is 8.02. The molecule has 3 aromatic rings. The van der Waals surface area contributed by atoms with Crippen molar-refractivity contribution >= 4 is 40.0 Å². The lowest BCUT2D eigenvalue weighted by Crippen LogP contribution is -2.08. The summed E-state index contributed by atoms with van der Waals surface area (Å²) >= 11 is 0. The van der Waals surface area contributed by atoms with Crippen molar-refractivity contribution in [2.75, 3.05) is 51.1 Å². The van der Waals surface area contributed by atoms with Gasteiger partial charge in [-0.15, -0.1) is 0 Å². The van der Waals surface area contributed by atoms with Gasteiger partial charge in [-0.3, -0.25) is 9.98 Å². The largest absolute Gasteiger partial charge is 0.378 e. The van der Waals surface area contributed by atoms with E-state index in [4.69, 9.17) is 0 Å². The molecule has 0 fully saturated rings. The fourth-order valence-electron chi connectivity index (χ4n) is 5.51. The Labute approximate surface area is 275 Å². The van der Waals surface area contributed by atoms with Crippen LogP contribution in [0.2, 0.25) is 0 Å². The molecule has 232 valence electrons. The zero-order valence-corrected chi connectivity index (χ0v) is 27.9. The normalized spacial score (nSPS) is 13.9. The van der Waals surface area contributed by atoms with E-state index in [9.17, 15) is 0 Å². The minimum Gasteiger partial charge on any atom is -0.378 e. The molecule has 0 heterocycles. The lowest BCUT2D eigenvalue weighted by Gasteiger charge is -2.17. The van der Waals surface area contributed by atoms with E-state index in [1.807, 2.05) is 0 Å². The van der Waals surface area contributed by atoms with E-state index in [1.54, 1.807) is 0 Å². The molecule has 0 amide bonds.